The Morgan fingerprint density at radius 3 is 2.65 bits per heavy atom. The molecule has 1 heterocycles. The smallest absolute Gasteiger partial charge is 0.310 e. The van der Waals surface area contributed by atoms with E-state index in [-0.39, 0.29) is 18.3 Å². The number of hydrogen-bond donors (Lipinski definition) is 3. The molecule has 1 atom stereocenters. The van der Waals surface area contributed by atoms with E-state index in [0.29, 0.717) is 0 Å². The van der Waals surface area contributed by atoms with Crippen LogP contribution in [0.3, 0.4) is 0 Å². The van der Waals surface area contributed by atoms with Crippen LogP contribution in [-0.2, 0) is 9.59 Å². The van der Waals surface area contributed by atoms with E-state index in [4.69, 9.17) is 5.11 Å². The van der Waals surface area contributed by atoms with E-state index in [2.05, 4.69) is 20.5 Å². The molecule has 0 fully saturated rings. The lowest BCUT2D eigenvalue weighted by atomic mass is 9.76. The Morgan fingerprint density at radius 1 is 1.59 bits per heavy atom. The van der Waals surface area contributed by atoms with Crippen LogP contribution in [0.15, 0.2) is 6.33 Å². The first kappa shape index (κ1) is 13.1. The van der Waals surface area contributed by atoms with E-state index in [1.807, 2.05) is 0 Å². The molecule has 7 heteroatoms. The quantitative estimate of drug-likeness (QED) is 0.708. The Bertz CT molecular complexity index is 402. The van der Waals surface area contributed by atoms with Crippen LogP contribution in [-0.4, -0.2) is 32.2 Å². The predicted molar refractivity (Wildman–Crippen MR) is 60.2 cm³/mol. The molecular weight excluding hydrogens is 224 g/mol. The third-order valence-electron chi connectivity index (χ3n) is 2.96. The molecule has 0 radical (unpaired) electrons. The van der Waals surface area contributed by atoms with Crippen LogP contribution in [0, 0.1) is 11.3 Å². The van der Waals surface area contributed by atoms with Crippen molar-refractivity contribution in [1.29, 1.82) is 0 Å². The van der Waals surface area contributed by atoms with Crippen molar-refractivity contribution in [2.24, 2.45) is 11.3 Å². The average Bonchev–Trinajstić information content (AvgIpc) is 2.69. The highest BCUT2D eigenvalue weighted by Crippen LogP contribution is 2.31. The second-order valence-corrected chi connectivity index (χ2v) is 4.44. The van der Waals surface area contributed by atoms with Gasteiger partial charge in [0.2, 0.25) is 11.9 Å². The van der Waals surface area contributed by atoms with E-state index in [9.17, 15) is 9.59 Å². The number of carbonyl (C=O) groups is 2. The zero-order valence-electron chi connectivity index (χ0n) is 10.0. The van der Waals surface area contributed by atoms with Gasteiger partial charge in [0.1, 0.15) is 6.33 Å². The fourth-order valence-electron chi connectivity index (χ4n) is 1.30. The number of carbonyl (C=O) groups excluding carboxylic acids is 1. The third kappa shape index (κ3) is 3.02. The van der Waals surface area contributed by atoms with Crippen molar-refractivity contribution in [3.05, 3.63) is 6.33 Å². The second-order valence-electron chi connectivity index (χ2n) is 4.44. The summed E-state index contributed by atoms with van der Waals surface area (Å²) >= 11 is 0. The maximum absolute atomic E-state index is 11.7. The maximum Gasteiger partial charge on any atom is 0.310 e. The Morgan fingerprint density at radius 2 is 2.24 bits per heavy atom. The number of aromatic nitrogens is 3. The molecule has 1 unspecified atom stereocenters. The minimum absolute atomic E-state index is 0.110. The molecule has 0 aliphatic heterocycles. The van der Waals surface area contributed by atoms with Crippen molar-refractivity contribution in [2.75, 3.05) is 5.32 Å². The number of anilines is 1. The molecular formula is C10H16N4O3. The largest absolute Gasteiger partial charge is 0.481 e. The van der Waals surface area contributed by atoms with Crippen molar-refractivity contribution >= 4 is 17.8 Å². The molecule has 7 nitrogen and oxygen atoms in total. The molecule has 0 aliphatic carbocycles. The molecule has 94 valence electrons. The van der Waals surface area contributed by atoms with Gasteiger partial charge in [-0.2, -0.15) is 10.1 Å². The zero-order chi connectivity index (χ0) is 13.1. The van der Waals surface area contributed by atoms with Gasteiger partial charge in [0, 0.05) is 6.42 Å². The third-order valence-corrected chi connectivity index (χ3v) is 2.96. The standard InChI is InChI=1S/C10H16N4O3/c1-6(2)10(3,8(16)17)4-7(15)13-9-11-5-12-14-9/h5-6H,4H2,1-3H3,(H,16,17)(H2,11,12,13,14,15). The number of rotatable bonds is 5. The van der Waals surface area contributed by atoms with Gasteiger partial charge in [0.25, 0.3) is 0 Å². The molecule has 0 aromatic carbocycles. The molecule has 0 bridgehead atoms. The molecule has 1 rings (SSSR count). The highest BCUT2D eigenvalue weighted by molar-refractivity contribution is 5.92. The second kappa shape index (κ2) is 4.94. The van der Waals surface area contributed by atoms with Crippen LogP contribution in [0.4, 0.5) is 5.95 Å². The summed E-state index contributed by atoms with van der Waals surface area (Å²) in [5.41, 5.74) is -1.09. The number of nitrogens with one attached hydrogen (secondary N) is 2. The normalized spacial score (nSPS) is 14.4. The lowest BCUT2D eigenvalue weighted by Crippen LogP contribution is -2.37. The van der Waals surface area contributed by atoms with E-state index in [0.717, 1.165) is 0 Å². The average molecular weight is 240 g/mol. The van der Waals surface area contributed by atoms with E-state index < -0.39 is 17.3 Å². The lowest BCUT2D eigenvalue weighted by molar-refractivity contribution is -0.153. The maximum atomic E-state index is 11.7. The molecule has 1 aromatic rings. The highest BCUT2D eigenvalue weighted by Gasteiger charge is 2.38. The summed E-state index contributed by atoms with van der Waals surface area (Å²) in [6.07, 6.45) is 1.15. The minimum Gasteiger partial charge on any atom is -0.481 e. The van der Waals surface area contributed by atoms with E-state index >= 15 is 0 Å². The molecule has 0 saturated carbocycles. The summed E-state index contributed by atoms with van der Waals surface area (Å²) in [4.78, 5) is 26.6. The molecule has 0 spiro atoms. The number of H-pyrrole nitrogens is 1. The summed E-state index contributed by atoms with van der Waals surface area (Å²) in [6.45, 7) is 5.10. The van der Waals surface area contributed by atoms with Gasteiger partial charge in [-0.05, 0) is 12.8 Å². The number of aromatic amines is 1. The van der Waals surface area contributed by atoms with Crippen molar-refractivity contribution in [1.82, 2.24) is 15.2 Å². The first-order valence-corrected chi connectivity index (χ1v) is 5.25. The van der Waals surface area contributed by atoms with Gasteiger partial charge < -0.3 is 5.11 Å². The minimum atomic E-state index is -1.09. The van der Waals surface area contributed by atoms with Gasteiger partial charge in [-0.3, -0.25) is 14.9 Å². The number of amides is 1. The number of carboxylic acids is 1. The molecule has 0 aliphatic rings. The van der Waals surface area contributed by atoms with Crippen molar-refractivity contribution in [2.45, 2.75) is 27.2 Å². The topological polar surface area (TPSA) is 108 Å². The van der Waals surface area contributed by atoms with Crippen molar-refractivity contribution in [3.63, 3.8) is 0 Å². The van der Waals surface area contributed by atoms with Crippen molar-refractivity contribution in [3.8, 4) is 0 Å². The van der Waals surface area contributed by atoms with Crippen molar-refractivity contribution < 1.29 is 14.7 Å². The first-order chi connectivity index (χ1) is 7.86. The summed E-state index contributed by atoms with van der Waals surface area (Å²) < 4.78 is 0. The summed E-state index contributed by atoms with van der Waals surface area (Å²) in [5, 5.41) is 17.7. The number of nitrogens with zero attached hydrogens (tertiary/aromatic N) is 2. The van der Waals surface area contributed by atoms with Crippen LogP contribution in [0.25, 0.3) is 0 Å². The zero-order valence-corrected chi connectivity index (χ0v) is 10.0. The van der Waals surface area contributed by atoms with Gasteiger partial charge in [-0.1, -0.05) is 13.8 Å². The van der Waals surface area contributed by atoms with Gasteiger partial charge in [0.15, 0.2) is 0 Å². The SMILES string of the molecule is CC(C)C(C)(CC(=O)Nc1ncn[nH]1)C(=O)O. The number of hydrogen-bond acceptors (Lipinski definition) is 4. The Balaban J connectivity index is 2.69. The van der Waals surface area contributed by atoms with Crippen LogP contribution < -0.4 is 5.32 Å². The summed E-state index contributed by atoms with van der Waals surface area (Å²) in [5.74, 6) is -1.33. The van der Waals surface area contributed by atoms with Crippen LogP contribution in [0.1, 0.15) is 27.2 Å². The van der Waals surface area contributed by atoms with Crippen LogP contribution >= 0.6 is 0 Å². The van der Waals surface area contributed by atoms with Gasteiger partial charge in [0.05, 0.1) is 5.41 Å². The van der Waals surface area contributed by atoms with Crippen LogP contribution in [0.5, 0.6) is 0 Å². The number of carboxylic acid groups (broad SMARTS) is 1. The highest BCUT2D eigenvalue weighted by atomic mass is 16.4. The molecule has 1 aromatic heterocycles. The Hall–Kier alpha value is -1.92. The number of aliphatic carboxylic acids is 1. The van der Waals surface area contributed by atoms with E-state index in [1.54, 1.807) is 20.8 Å². The Labute approximate surface area is 98.6 Å². The Kier molecular flexibility index (Phi) is 3.82. The first-order valence-electron chi connectivity index (χ1n) is 5.25. The predicted octanol–water partition coefficient (Wildman–Crippen LogP) is 0.880. The fourth-order valence-corrected chi connectivity index (χ4v) is 1.30. The molecule has 3 N–H and O–H groups in total. The van der Waals surface area contributed by atoms with Crippen LogP contribution in [0.2, 0.25) is 0 Å². The summed E-state index contributed by atoms with van der Waals surface area (Å²) in [6, 6.07) is 0. The molecule has 1 amide bonds. The lowest BCUT2D eigenvalue weighted by Gasteiger charge is -2.27. The summed E-state index contributed by atoms with van der Waals surface area (Å²) in [7, 11) is 0. The molecule has 0 saturated heterocycles. The van der Waals surface area contributed by atoms with E-state index in [1.165, 1.54) is 6.33 Å². The van der Waals surface area contributed by atoms with Gasteiger partial charge >= 0.3 is 5.97 Å². The van der Waals surface area contributed by atoms with Gasteiger partial charge in [-0.25, -0.2) is 5.10 Å². The van der Waals surface area contributed by atoms with Gasteiger partial charge in [-0.15, -0.1) is 0 Å². The monoisotopic (exact) mass is 240 g/mol. The molecule has 17 heavy (non-hydrogen) atoms. The fraction of sp³-hybridized carbons (Fsp3) is 0.600.